The van der Waals surface area contributed by atoms with Crippen molar-refractivity contribution in [2.45, 2.75) is 13.0 Å². The summed E-state index contributed by atoms with van der Waals surface area (Å²) in [7, 11) is 0. The lowest BCUT2D eigenvalue weighted by molar-refractivity contribution is 0.282. The molecule has 1 N–H and O–H groups in total. The maximum absolute atomic E-state index is 9.38. The summed E-state index contributed by atoms with van der Waals surface area (Å²) in [5, 5.41) is 9.38. The van der Waals surface area contributed by atoms with Crippen molar-refractivity contribution in [2.75, 3.05) is 6.61 Å². The third kappa shape index (κ3) is 2.93. The first-order valence-electron chi connectivity index (χ1n) is 8.86. The van der Waals surface area contributed by atoms with Crippen LogP contribution in [0, 0.1) is 0 Å². The SMILES string of the molecule is OCc1cccc(-c2ccc3nc(-c4cc(Br)cc5c4OCC5)cn3c2)c1. The number of halogens is 1. The number of aliphatic hydroxyl groups is 1. The fraction of sp³-hybridized carbons (Fsp3) is 0.136. The number of rotatable bonds is 3. The maximum atomic E-state index is 9.38. The Kier molecular flexibility index (Phi) is 3.99. The van der Waals surface area contributed by atoms with Crippen LogP contribution in [-0.2, 0) is 13.0 Å². The number of aromatic nitrogens is 2. The van der Waals surface area contributed by atoms with E-state index in [9.17, 15) is 5.11 Å². The monoisotopic (exact) mass is 420 g/mol. The normalized spacial score (nSPS) is 13.0. The molecular weight excluding hydrogens is 404 g/mol. The molecule has 0 saturated heterocycles. The summed E-state index contributed by atoms with van der Waals surface area (Å²) in [6, 6.07) is 16.2. The van der Waals surface area contributed by atoms with Gasteiger partial charge in [-0.15, -0.1) is 0 Å². The van der Waals surface area contributed by atoms with Gasteiger partial charge >= 0.3 is 0 Å². The van der Waals surface area contributed by atoms with E-state index in [0.717, 1.165) is 56.8 Å². The summed E-state index contributed by atoms with van der Waals surface area (Å²) in [5.74, 6) is 0.942. The van der Waals surface area contributed by atoms with E-state index in [1.165, 1.54) is 5.56 Å². The Morgan fingerprint density at radius 1 is 1.07 bits per heavy atom. The van der Waals surface area contributed by atoms with Crippen LogP contribution in [0.15, 0.2) is 65.4 Å². The van der Waals surface area contributed by atoms with Gasteiger partial charge in [0.2, 0.25) is 0 Å². The summed E-state index contributed by atoms with van der Waals surface area (Å²) in [5.41, 5.74) is 7.08. The number of fused-ring (bicyclic) bond motifs is 2. The highest BCUT2D eigenvalue weighted by atomic mass is 79.9. The molecule has 5 rings (SSSR count). The second kappa shape index (κ2) is 6.51. The zero-order valence-corrected chi connectivity index (χ0v) is 16.1. The van der Waals surface area contributed by atoms with Gasteiger partial charge in [0, 0.05) is 28.9 Å². The molecule has 0 saturated carbocycles. The lowest BCUT2D eigenvalue weighted by atomic mass is 10.1. The molecule has 4 nitrogen and oxygen atoms in total. The van der Waals surface area contributed by atoms with Crippen LogP contribution in [0.5, 0.6) is 5.75 Å². The van der Waals surface area contributed by atoms with E-state index in [2.05, 4.69) is 40.3 Å². The van der Waals surface area contributed by atoms with Crippen molar-refractivity contribution in [3.8, 4) is 28.1 Å². The average Bonchev–Trinajstić information content (AvgIpc) is 3.33. The molecule has 3 heterocycles. The summed E-state index contributed by atoms with van der Waals surface area (Å²) in [6.45, 7) is 0.761. The molecule has 5 heteroatoms. The van der Waals surface area contributed by atoms with Gasteiger partial charge in [-0.1, -0.05) is 34.1 Å². The minimum absolute atomic E-state index is 0.0410. The number of benzene rings is 2. The molecule has 4 aromatic rings. The van der Waals surface area contributed by atoms with E-state index in [-0.39, 0.29) is 6.61 Å². The fourth-order valence-electron chi connectivity index (χ4n) is 3.60. The van der Waals surface area contributed by atoms with Crippen molar-refractivity contribution in [1.82, 2.24) is 9.38 Å². The maximum Gasteiger partial charge on any atom is 0.137 e. The van der Waals surface area contributed by atoms with E-state index in [1.54, 1.807) is 0 Å². The molecule has 27 heavy (non-hydrogen) atoms. The summed E-state index contributed by atoms with van der Waals surface area (Å²) < 4.78 is 8.94. The Balaban J connectivity index is 1.61. The van der Waals surface area contributed by atoms with Crippen molar-refractivity contribution >= 4 is 21.6 Å². The van der Waals surface area contributed by atoms with Gasteiger partial charge in [0.25, 0.3) is 0 Å². The van der Waals surface area contributed by atoms with E-state index in [1.807, 2.05) is 40.9 Å². The molecule has 0 amide bonds. The molecule has 0 aliphatic carbocycles. The predicted molar refractivity (Wildman–Crippen MR) is 109 cm³/mol. The van der Waals surface area contributed by atoms with Crippen molar-refractivity contribution in [2.24, 2.45) is 0 Å². The van der Waals surface area contributed by atoms with Crippen molar-refractivity contribution in [3.63, 3.8) is 0 Å². The molecule has 0 radical (unpaired) electrons. The number of imidazole rings is 1. The van der Waals surface area contributed by atoms with Gasteiger partial charge in [-0.05, 0) is 52.6 Å². The van der Waals surface area contributed by atoms with Crippen LogP contribution >= 0.6 is 15.9 Å². The van der Waals surface area contributed by atoms with Gasteiger partial charge in [0.15, 0.2) is 0 Å². The number of pyridine rings is 1. The number of hydrogen-bond acceptors (Lipinski definition) is 3. The summed E-state index contributed by atoms with van der Waals surface area (Å²) >= 11 is 3.60. The average molecular weight is 421 g/mol. The van der Waals surface area contributed by atoms with Crippen LogP contribution in [0.2, 0.25) is 0 Å². The number of nitrogens with zero attached hydrogens (tertiary/aromatic N) is 2. The quantitative estimate of drug-likeness (QED) is 0.514. The van der Waals surface area contributed by atoms with Crippen LogP contribution in [0.4, 0.5) is 0 Å². The van der Waals surface area contributed by atoms with Crippen LogP contribution in [-0.4, -0.2) is 21.1 Å². The van der Waals surface area contributed by atoms with Crippen LogP contribution in [0.25, 0.3) is 28.0 Å². The molecule has 0 atom stereocenters. The van der Waals surface area contributed by atoms with Crippen molar-refractivity contribution < 1.29 is 9.84 Å². The first-order chi connectivity index (χ1) is 13.2. The van der Waals surface area contributed by atoms with Gasteiger partial charge in [-0.2, -0.15) is 0 Å². The highest BCUT2D eigenvalue weighted by molar-refractivity contribution is 9.10. The Hall–Kier alpha value is -2.63. The first kappa shape index (κ1) is 16.5. The van der Waals surface area contributed by atoms with Gasteiger partial charge in [0.05, 0.1) is 18.9 Å². The van der Waals surface area contributed by atoms with E-state index >= 15 is 0 Å². The van der Waals surface area contributed by atoms with Crippen molar-refractivity contribution in [1.29, 1.82) is 0 Å². The third-order valence-corrected chi connectivity index (χ3v) is 5.38. The molecule has 0 unspecified atom stereocenters. The van der Waals surface area contributed by atoms with Crippen molar-refractivity contribution in [3.05, 3.63) is 76.5 Å². The van der Waals surface area contributed by atoms with Gasteiger partial charge < -0.3 is 14.2 Å². The van der Waals surface area contributed by atoms with Gasteiger partial charge in [-0.25, -0.2) is 4.98 Å². The minimum Gasteiger partial charge on any atom is -0.492 e. The summed E-state index contributed by atoms with van der Waals surface area (Å²) in [4.78, 5) is 4.79. The highest BCUT2D eigenvalue weighted by Crippen LogP contribution is 2.39. The minimum atomic E-state index is 0.0410. The number of ether oxygens (including phenoxy) is 1. The highest BCUT2D eigenvalue weighted by Gasteiger charge is 2.20. The molecule has 134 valence electrons. The van der Waals surface area contributed by atoms with Crippen LogP contribution in [0.3, 0.4) is 0 Å². The molecule has 0 spiro atoms. The Bertz CT molecular complexity index is 1170. The molecule has 1 aliphatic rings. The van der Waals surface area contributed by atoms with E-state index in [0.29, 0.717) is 0 Å². The Labute approximate surface area is 165 Å². The topological polar surface area (TPSA) is 46.8 Å². The smallest absolute Gasteiger partial charge is 0.137 e. The second-order valence-electron chi connectivity index (χ2n) is 6.71. The Morgan fingerprint density at radius 3 is 2.89 bits per heavy atom. The lowest BCUT2D eigenvalue weighted by Crippen LogP contribution is -1.89. The first-order valence-corrected chi connectivity index (χ1v) is 9.65. The van der Waals surface area contributed by atoms with E-state index in [4.69, 9.17) is 9.72 Å². The van der Waals surface area contributed by atoms with Crippen LogP contribution < -0.4 is 4.74 Å². The molecule has 0 fully saturated rings. The molecular formula is C22H17BrN2O2. The summed E-state index contributed by atoms with van der Waals surface area (Å²) in [6.07, 6.45) is 5.04. The predicted octanol–water partition coefficient (Wildman–Crippen LogP) is 4.86. The van der Waals surface area contributed by atoms with E-state index < -0.39 is 0 Å². The molecule has 0 bridgehead atoms. The third-order valence-electron chi connectivity index (χ3n) is 4.92. The standard InChI is InChI=1S/C22H17BrN2O2/c23-18-9-16-6-7-27-22(16)19(10-18)20-12-25-11-17(4-5-21(25)24-20)15-3-1-2-14(8-15)13-26/h1-5,8-12,26H,6-7,13H2. The number of aliphatic hydroxyl groups excluding tert-OH is 1. The largest absolute Gasteiger partial charge is 0.492 e. The fourth-order valence-corrected chi connectivity index (χ4v) is 4.11. The Morgan fingerprint density at radius 2 is 2.00 bits per heavy atom. The second-order valence-corrected chi connectivity index (χ2v) is 7.62. The number of hydrogen-bond donors (Lipinski definition) is 1. The lowest BCUT2D eigenvalue weighted by Gasteiger charge is -2.06. The molecule has 2 aromatic heterocycles. The van der Waals surface area contributed by atoms with Gasteiger partial charge in [-0.3, -0.25) is 0 Å². The van der Waals surface area contributed by atoms with Gasteiger partial charge in [0.1, 0.15) is 11.4 Å². The van der Waals surface area contributed by atoms with Crippen LogP contribution in [0.1, 0.15) is 11.1 Å². The zero-order valence-electron chi connectivity index (χ0n) is 14.5. The molecule has 2 aromatic carbocycles. The molecule has 1 aliphatic heterocycles. The zero-order chi connectivity index (χ0) is 18.4.